The summed E-state index contributed by atoms with van der Waals surface area (Å²) in [6.07, 6.45) is 8.25. The third-order valence-electron chi connectivity index (χ3n) is 5.00. The standard InChI is InChI=1S/C21H26N4OS/c1-25-19(15-27-21(25)24-17-6-4-2-3-5-7-17)14-20(26)23-18-10-8-16(9-11-18)12-13-22/h8-11,15,17H,2-7,12,14H2,1H3,(H,23,26). The smallest absolute Gasteiger partial charge is 0.230 e. The van der Waals surface area contributed by atoms with Crippen LogP contribution in [-0.2, 0) is 24.7 Å². The Balaban J connectivity index is 1.62. The normalized spacial score (nSPS) is 15.9. The second-order valence-corrected chi connectivity index (χ2v) is 7.94. The van der Waals surface area contributed by atoms with Gasteiger partial charge in [-0.2, -0.15) is 5.26 Å². The predicted molar refractivity (Wildman–Crippen MR) is 108 cm³/mol. The molecule has 1 heterocycles. The molecule has 1 aromatic carbocycles. The Labute approximate surface area is 164 Å². The van der Waals surface area contributed by atoms with E-state index >= 15 is 0 Å². The Bertz CT molecular complexity index is 865. The SMILES string of the molecule is Cn1c(CC(=O)Nc2ccc(CC#N)cc2)csc1=NC1CCCCCC1. The van der Waals surface area contributed by atoms with Crippen LogP contribution < -0.4 is 10.1 Å². The van der Waals surface area contributed by atoms with Gasteiger partial charge in [0.2, 0.25) is 5.91 Å². The summed E-state index contributed by atoms with van der Waals surface area (Å²) in [7, 11) is 1.99. The van der Waals surface area contributed by atoms with Crippen LogP contribution in [0.3, 0.4) is 0 Å². The highest BCUT2D eigenvalue weighted by molar-refractivity contribution is 7.07. The van der Waals surface area contributed by atoms with Gasteiger partial charge in [-0.1, -0.05) is 37.8 Å². The molecule has 0 unspecified atom stereocenters. The third-order valence-corrected chi connectivity index (χ3v) is 5.98. The van der Waals surface area contributed by atoms with E-state index < -0.39 is 0 Å². The van der Waals surface area contributed by atoms with E-state index in [-0.39, 0.29) is 5.91 Å². The molecule has 1 aromatic heterocycles. The molecule has 5 nitrogen and oxygen atoms in total. The number of amides is 1. The highest BCUT2D eigenvalue weighted by Gasteiger charge is 2.13. The van der Waals surface area contributed by atoms with Gasteiger partial charge in [0.1, 0.15) is 0 Å². The summed E-state index contributed by atoms with van der Waals surface area (Å²) >= 11 is 1.62. The first-order valence-electron chi connectivity index (χ1n) is 9.58. The van der Waals surface area contributed by atoms with Gasteiger partial charge >= 0.3 is 0 Å². The maximum absolute atomic E-state index is 12.4. The van der Waals surface area contributed by atoms with Crippen molar-refractivity contribution in [2.45, 2.75) is 57.4 Å². The summed E-state index contributed by atoms with van der Waals surface area (Å²) in [4.78, 5) is 18.3. The van der Waals surface area contributed by atoms with Crippen molar-refractivity contribution in [3.63, 3.8) is 0 Å². The minimum atomic E-state index is -0.0440. The number of carbonyl (C=O) groups is 1. The molecule has 0 radical (unpaired) electrons. The lowest BCUT2D eigenvalue weighted by Gasteiger charge is -2.08. The molecule has 1 aliphatic rings. The number of carbonyl (C=O) groups excluding carboxylic acids is 1. The van der Waals surface area contributed by atoms with Gasteiger partial charge in [0.25, 0.3) is 0 Å². The lowest BCUT2D eigenvalue weighted by atomic mass is 10.1. The van der Waals surface area contributed by atoms with Crippen molar-refractivity contribution in [2.24, 2.45) is 12.0 Å². The van der Waals surface area contributed by atoms with Crippen molar-refractivity contribution in [1.29, 1.82) is 5.26 Å². The van der Waals surface area contributed by atoms with Gasteiger partial charge in [-0.3, -0.25) is 9.79 Å². The van der Waals surface area contributed by atoms with Crippen LogP contribution >= 0.6 is 11.3 Å². The number of hydrogen-bond acceptors (Lipinski definition) is 4. The first-order valence-corrected chi connectivity index (χ1v) is 10.5. The van der Waals surface area contributed by atoms with Gasteiger partial charge in [0, 0.05) is 23.8 Å². The predicted octanol–water partition coefficient (Wildman–Crippen LogP) is 3.96. The molecular weight excluding hydrogens is 356 g/mol. The highest BCUT2D eigenvalue weighted by atomic mass is 32.1. The van der Waals surface area contributed by atoms with E-state index in [2.05, 4.69) is 11.4 Å². The minimum Gasteiger partial charge on any atom is -0.326 e. The summed E-state index contributed by atoms with van der Waals surface area (Å²) in [5.41, 5.74) is 2.68. The van der Waals surface area contributed by atoms with Gasteiger partial charge < -0.3 is 9.88 Å². The van der Waals surface area contributed by atoms with Crippen molar-refractivity contribution < 1.29 is 4.79 Å². The van der Waals surface area contributed by atoms with Crippen molar-refractivity contribution in [3.8, 4) is 6.07 Å². The van der Waals surface area contributed by atoms with Gasteiger partial charge in [0.05, 0.1) is 25.0 Å². The summed E-state index contributed by atoms with van der Waals surface area (Å²) < 4.78 is 2.05. The molecule has 0 saturated heterocycles. The first kappa shape index (κ1) is 19.4. The van der Waals surface area contributed by atoms with E-state index in [1.54, 1.807) is 11.3 Å². The Morgan fingerprint density at radius 1 is 1.26 bits per heavy atom. The fraction of sp³-hybridized carbons (Fsp3) is 0.476. The van der Waals surface area contributed by atoms with Gasteiger partial charge in [-0.25, -0.2) is 0 Å². The second-order valence-electron chi connectivity index (χ2n) is 7.10. The highest BCUT2D eigenvalue weighted by Crippen LogP contribution is 2.19. The molecule has 1 aliphatic carbocycles. The van der Waals surface area contributed by atoms with E-state index in [0.29, 0.717) is 18.9 Å². The van der Waals surface area contributed by atoms with Crippen LogP contribution in [-0.4, -0.2) is 16.5 Å². The fourth-order valence-corrected chi connectivity index (χ4v) is 4.36. The fourth-order valence-electron chi connectivity index (χ4n) is 3.39. The number of nitrogens with zero attached hydrogens (tertiary/aromatic N) is 3. The van der Waals surface area contributed by atoms with Crippen LogP contribution in [0.25, 0.3) is 0 Å². The van der Waals surface area contributed by atoms with Gasteiger partial charge in [0.15, 0.2) is 4.80 Å². The summed E-state index contributed by atoms with van der Waals surface area (Å²) in [6.45, 7) is 0. The third kappa shape index (κ3) is 5.54. The maximum Gasteiger partial charge on any atom is 0.230 e. The summed E-state index contributed by atoms with van der Waals surface area (Å²) in [6, 6.07) is 9.96. The number of aromatic nitrogens is 1. The lowest BCUT2D eigenvalue weighted by Crippen LogP contribution is -2.21. The molecule has 0 aliphatic heterocycles. The average molecular weight is 383 g/mol. The Hall–Kier alpha value is -2.39. The van der Waals surface area contributed by atoms with Crippen LogP contribution in [0.4, 0.5) is 5.69 Å². The topological polar surface area (TPSA) is 70.2 Å². The van der Waals surface area contributed by atoms with Crippen LogP contribution in [0.2, 0.25) is 0 Å². The molecule has 2 aromatic rings. The number of hydrogen-bond donors (Lipinski definition) is 1. The van der Waals surface area contributed by atoms with Crippen molar-refractivity contribution in [1.82, 2.24) is 4.57 Å². The number of thiazole rings is 1. The number of nitrogens with one attached hydrogen (secondary N) is 1. The maximum atomic E-state index is 12.4. The molecule has 0 atom stereocenters. The van der Waals surface area contributed by atoms with Crippen LogP contribution in [0, 0.1) is 11.3 Å². The van der Waals surface area contributed by atoms with Crippen LogP contribution in [0.5, 0.6) is 0 Å². The molecular formula is C21H26N4OS. The number of benzene rings is 1. The molecule has 0 bridgehead atoms. The zero-order valence-electron chi connectivity index (χ0n) is 15.8. The molecule has 27 heavy (non-hydrogen) atoms. The zero-order chi connectivity index (χ0) is 19.1. The van der Waals surface area contributed by atoms with E-state index in [1.165, 1.54) is 38.5 Å². The molecule has 142 valence electrons. The van der Waals surface area contributed by atoms with Crippen molar-refractivity contribution >= 4 is 22.9 Å². The van der Waals surface area contributed by atoms with E-state index in [9.17, 15) is 4.79 Å². The second kappa shape index (κ2) is 9.52. The Kier molecular flexibility index (Phi) is 6.83. The molecule has 6 heteroatoms. The average Bonchev–Trinajstić information content (AvgIpc) is 2.86. The number of anilines is 1. The van der Waals surface area contributed by atoms with Crippen molar-refractivity contribution in [2.75, 3.05) is 5.32 Å². The number of nitriles is 1. The van der Waals surface area contributed by atoms with Crippen LogP contribution in [0.1, 0.15) is 49.8 Å². The lowest BCUT2D eigenvalue weighted by molar-refractivity contribution is -0.115. The summed E-state index contributed by atoms with van der Waals surface area (Å²) in [5.74, 6) is -0.0440. The first-order chi connectivity index (χ1) is 13.2. The molecule has 0 spiro atoms. The molecule has 1 N–H and O–H groups in total. The summed E-state index contributed by atoms with van der Waals surface area (Å²) in [5, 5.41) is 13.7. The molecule has 1 amide bonds. The largest absolute Gasteiger partial charge is 0.326 e. The molecule has 3 rings (SSSR count). The van der Waals surface area contributed by atoms with Crippen LogP contribution in [0.15, 0.2) is 34.6 Å². The van der Waals surface area contributed by atoms with E-state index in [4.69, 9.17) is 10.3 Å². The Morgan fingerprint density at radius 2 is 1.96 bits per heavy atom. The van der Waals surface area contributed by atoms with Crippen molar-refractivity contribution in [3.05, 3.63) is 45.7 Å². The van der Waals surface area contributed by atoms with E-state index in [1.807, 2.05) is 41.3 Å². The Morgan fingerprint density at radius 3 is 2.63 bits per heavy atom. The number of rotatable bonds is 5. The zero-order valence-corrected chi connectivity index (χ0v) is 16.6. The minimum absolute atomic E-state index is 0.0440. The molecule has 1 fully saturated rings. The molecule has 1 saturated carbocycles. The quantitative estimate of drug-likeness (QED) is 0.795. The van der Waals surface area contributed by atoms with E-state index in [0.717, 1.165) is 21.7 Å². The van der Waals surface area contributed by atoms with Gasteiger partial charge in [-0.05, 0) is 30.5 Å². The monoisotopic (exact) mass is 382 g/mol. The van der Waals surface area contributed by atoms with Gasteiger partial charge in [-0.15, -0.1) is 11.3 Å².